The molecule has 2 aliphatic heterocycles. The minimum atomic E-state index is -0.135. The molecule has 4 heterocycles. The van der Waals surface area contributed by atoms with Crippen LogP contribution in [0, 0.1) is 5.92 Å². The monoisotopic (exact) mass is 457 g/mol. The molecule has 1 fully saturated rings. The van der Waals surface area contributed by atoms with E-state index in [2.05, 4.69) is 32.7 Å². The molecule has 0 radical (unpaired) electrons. The molecule has 2 N–H and O–H groups in total. The van der Waals surface area contributed by atoms with Gasteiger partial charge < -0.3 is 15.0 Å². The van der Waals surface area contributed by atoms with Crippen LogP contribution in [0.1, 0.15) is 28.9 Å². The van der Waals surface area contributed by atoms with Crippen molar-refractivity contribution < 1.29 is 14.3 Å². The molecule has 2 aromatic heterocycles. The van der Waals surface area contributed by atoms with Crippen molar-refractivity contribution in [3.63, 3.8) is 0 Å². The summed E-state index contributed by atoms with van der Waals surface area (Å²) in [4.78, 5) is 31.8. The fourth-order valence-electron chi connectivity index (χ4n) is 4.60. The molecule has 0 spiro atoms. The molecule has 0 unspecified atom stereocenters. The third kappa shape index (κ3) is 4.85. The first-order chi connectivity index (χ1) is 16.7. The molecule has 174 valence electrons. The average molecular weight is 458 g/mol. The van der Waals surface area contributed by atoms with Crippen LogP contribution in [0.3, 0.4) is 0 Å². The lowest BCUT2D eigenvalue weighted by molar-refractivity contribution is -0.124. The minimum Gasteiger partial charge on any atom is -0.483 e. The second-order valence-electron chi connectivity index (χ2n) is 8.69. The summed E-state index contributed by atoms with van der Waals surface area (Å²) in [5.74, 6) is 0.641. The zero-order valence-corrected chi connectivity index (χ0v) is 18.8. The van der Waals surface area contributed by atoms with Crippen molar-refractivity contribution >= 4 is 11.8 Å². The molecule has 0 saturated carbocycles. The number of nitrogens with zero attached hydrogens (tertiary/aromatic N) is 3. The number of piperidine rings is 1. The van der Waals surface area contributed by atoms with Crippen molar-refractivity contribution in [2.24, 2.45) is 5.92 Å². The van der Waals surface area contributed by atoms with Crippen molar-refractivity contribution in [3.05, 3.63) is 78.3 Å². The summed E-state index contributed by atoms with van der Waals surface area (Å²) in [5.41, 5.74) is 3.04. The Kier molecular flexibility index (Phi) is 6.38. The maximum atomic E-state index is 13.2. The first-order valence-electron chi connectivity index (χ1n) is 11.6. The number of aromatic amines is 1. The lowest BCUT2D eigenvalue weighted by atomic mass is 9.88. The number of para-hydroxylation sites is 1. The van der Waals surface area contributed by atoms with E-state index >= 15 is 0 Å². The number of carbonyl (C=O) groups is 2. The maximum absolute atomic E-state index is 13.2. The van der Waals surface area contributed by atoms with Gasteiger partial charge in [0.05, 0.1) is 5.69 Å². The number of fused-ring (bicyclic) bond motifs is 2. The molecule has 8 heteroatoms. The Morgan fingerprint density at radius 3 is 2.94 bits per heavy atom. The Morgan fingerprint density at radius 1 is 1.15 bits per heavy atom. The first-order valence-corrected chi connectivity index (χ1v) is 11.6. The van der Waals surface area contributed by atoms with Crippen molar-refractivity contribution in [1.29, 1.82) is 0 Å². The number of aromatic nitrogens is 3. The highest BCUT2D eigenvalue weighted by atomic mass is 16.5. The van der Waals surface area contributed by atoms with E-state index in [-0.39, 0.29) is 30.4 Å². The van der Waals surface area contributed by atoms with E-state index in [9.17, 15) is 9.59 Å². The number of rotatable bonds is 2. The lowest BCUT2D eigenvalue weighted by Crippen LogP contribution is -2.53. The van der Waals surface area contributed by atoms with Gasteiger partial charge in [-0.15, -0.1) is 0 Å². The van der Waals surface area contributed by atoms with Gasteiger partial charge >= 0.3 is 0 Å². The van der Waals surface area contributed by atoms with Gasteiger partial charge in [0.15, 0.2) is 6.61 Å². The van der Waals surface area contributed by atoms with E-state index in [4.69, 9.17) is 4.74 Å². The van der Waals surface area contributed by atoms with Crippen molar-refractivity contribution in [3.8, 4) is 17.0 Å². The molecule has 3 aromatic rings. The van der Waals surface area contributed by atoms with Crippen molar-refractivity contribution in [2.45, 2.75) is 25.3 Å². The predicted octanol–water partition coefficient (Wildman–Crippen LogP) is 3.00. The molecule has 2 amide bonds. The second-order valence-corrected chi connectivity index (χ2v) is 8.69. The third-order valence-electron chi connectivity index (χ3n) is 6.41. The van der Waals surface area contributed by atoms with Gasteiger partial charge in [0.2, 0.25) is 0 Å². The number of hydrogen-bond donors (Lipinski definition) is 2. The molecule has 2 aliphatic rings. The normalized spacial score (nSPS) is 21.6. The Labute approximate surface area is 198 Å². The first kappa shape index (κ1) is 21.9. The molecule has 1 aromatic carbocycles. The highest BCUT2D eigenvalue weighted by Crippen LogP contribution is 2.25. The van der Waals surface area contributed by atoms with E-state index in [1.165, 1.54) is 0 Å². The predicted molar refractivity (Wildman–Crippen MR) is 127 cm³/mol. The molecule has 0 bridgehead atoms. The summed E-state index contributed by atoms with van der Waals surface area (Å²) < 4.78 is 5.78. The zero-order chi connectivity index (χ0) is 23.3. The third-order valence-corrected chi connectivity index (χ3v) is 6.41. The number of benzene rings is 1. The van der Waals surface area contributed by atoms with Crippen LogP contribution in [0.4, 0.5) is 0 Å². The van der Waals surface area contributed by atoms with Gasteiger partial charge in [0.25, 0.3) is 11.8 Å². The van der Waals surface area contributed by atoms with Crippen LogP contribution in [-0.2, 0) is 11.2 Å². The summed E-state index contributed by atoms with van der Waals surface area (Å²) in [6, 6.07) is 13.3. The summed E-state index contributed by atoms with van der Waals surface area (Å²) in [7, 11) is 0. The van der Waals surface area contributed by atoms with Gasteiger partial charge in [0, 0.05) is 43.0 Å². The summed E-state index contributed by atoms with van der Waals surface area (Å²) in [5, 5.41) is 10.3. The van der Waals surface area contributed by atoms with Gasteiger partial charge in [-0.05, 0) is 49.1 Å². The standard InChI is InChI=1S/C26H27N5O3/c32-25-17-34-24-10-4-3-7-18(24)6-1-2-8-20-16-31(13-11-21(20)28-25)26(33)23-14-22(29-30-23)19-9-5-12-27-15-19/h1-5,7,9-10,12,14-15,20-21H,6,8,11,13,16-17H2,(H,28,32)(H,29,30)/b2-1+/t20-,21+/m0/s1. The topological polar surface area (TPSA) is 100 Å². The number of ether oxygens (including phenoxy) is 1. The Hall–Kier alpha value is -3.94. The molecule has 2 atom stereocenters. The molecule has 5 rings (SSSR count). The Balaban J connectivity index is 1.29. The highest BCUT2D eigenvalue weighted by molar-refractivity contribution is 5.93. The lowest BCUT2D eigenvalue weighted by Gasteiger charge is -2.38. The molecular formula is C26H27N5O3. The summed E-state index contributed by atoms with van der Waals surface area (Å²) >= 11 is 0. The van der Waals surface area contributed by atoms with E-state index < -0.39 is 0 Å². The SMILES string of the molecule is O=C1COc2ccccc2C/C=C/C[C@H]2CN(C(=O)c3cc(-c4cccnc4)n[nH]3)CC[C@H]2N1. The van der Waals surface area contributed by atoms with E-state index in [1.807, 2.05) is 41.3 Å². The summed E-state index contributed by atoms with van der Waals surface area (Å²) in [6.07, 6.45) is 9.91. The van der Waals surface area contributed by atoms with Crippen LogP contribution >= 0.6 is 0 Å². The Morgan fingerprint density at radius 2 is 2.06 bits per heavy atom. The number of nitrogens with one attached hydrogen (secondary N) is 2. The van der Waals surface area contributed by atoms with E-state index in [1.54, 1.807) is 18.5 Å². The largest absolute Gasteiger partial charge is 0.483 e. The summed E-state index contributed by atoms with van der Waals surface area (Å²) in [6.45, 7) is 1.11. The van der Waals surface area contributed by atoms with Gasteiger partial charge in [-0.2, -0.15) is 5.10 Å². The number of likely N-dealkylation sites (tertiary alicyclic amines) is 1. The molecule has 34 heavy (non-hydrogen) atoms. The molecule has 8 nitrogen and oxygen atoms in total. The van der Waals surface area contributed by atoms with Crippen molar-refractivity contribution in [1.82, 2.24) is 25.4 Å². The number of hydrogen-bond acceptors (Lipinski definition) is 5. The second kappa shape index (κ2) is 9.91. The fraction of sp³-hybridized carbons (Fsp3) is 0.308. The van der Waals surface area contributed by atoms with Crippen LogP contribution in [-0.4, -0.2) is 57.6 Å². The van der Waals surface area contributed by atoms with Gasteiger partial charge in [-0.25, -0.2) is 0 Å². The van der Waals surface area contributed by atoms with Crippen LogP contribution in [0.2, 0.25) is 0 Å². The smallest absolute Gasteiger partial charge is 0.271 e. The highest BCUT2D eigenvalue weighted by Gasteiger charge is 2.33. The molecular weight excluding hydrogens is 430 g/mol. The Bertz CT molecular complexity index is 1190. The number of allylic oxidation sites excluding steroid dienone is 2. The average Bonchev–Trinajstić information content (AvgIpc) is 3.36. The fourth-order valence-corrected chi connectivity index (χ4v) is 4.60. The molecule has 0 aliphatic carbocycles. The minimum absolute atomic E-state index is 0.00723. The van der Waals surface area contributed by atoms with Crippen LogP contribution in [0.5, 0.6) is 5.75 Å². The zero-order valence-electron chi connectivity index (χ0n) is 18.8. The number of carbonyl (C=O) groups excluding carboxylic acids is 2. The number of amides is 2. The quantitative estimate of drug-likeness (QED) is 0.577. The number of pyridine rings is 1. The number of H-pyrrole nitrogens is 1. The maximum Gasteiger partial charge on any atom is 0.271 e. The van der Waals surface area contributed by atoms with Crippen molar-refractivity contribution in [2.75, 3.05) is 19.7 Å². The van der Waals surface area contributed by atoms with Gasteiger partial charge in [0.1, 0.15) is 11.4 Å². The van der Waals surface area contributed by atoms with E-state index in [0.717, 1.165) is 29.7 Å². The van der Waals surface area contributed by atoms with Gasteiger partial charge in [-0.1, -0.05) is 30.4 Å². The van der Waals surface area contributed by atoms with Crippen LogP contribution < -0.4 is 10.1 Å². The van der Waals surface area contributed by atoms with Gasteiger partial charge in [-0.3, -0.25) is 19.7 Å². The van der Waals surface area contributed by atoms with Crippen LogP contribution in [0.15, 0.2) is 67.0 Å². The van der Waals surface area contributed by atoms with E-state index in [0.29, 0.717) is 30.9 Å². The molecule has 1 saturated heterocycles. The van der Waals surface area contributed by atoms with Crippen LogP contribution in [0.25, 0.3) is 11.3 Å².